The molecular formula is C16H19N5O2S. The average Bonchev–Trinajstić information content (AvgIpc) is 3.16. The number of rotatable bonds is 4. The van der Waals surface area contributed by atoms with Crippen LogP contribution in [0.4, 0.5) is 10.5 Å². The molecule has 3 rings (SSSR count). The van der Waals surface area contributed by atoms with Gasteiger partial charge in [-0.1, -0.05) is 6.07 Å². The van der Waals surface area contributed by atoms with Crippen molar-refractivity contribution < 1.29 is 9.90 Å². The van der Waals surface area contributed by atoms with Gasteiger partial charge in [0.1, 0.15) is 5.60 Å². The minimum atomic E-state index is -1.10. The van der Waals surface area contributed by atoms with Gasteiger partial charge in [-0.05, 0) is 31.4 Å². The molecule has 0 aliphatic heterocycles. The highest BCUT2D eigenvalue weighted by atomic mass is 32.1. The molecule has 0 aliphatic carbocycles. The van der Waals surface area contributed by atoms with Crippen LogP contribution in [0.5, 0.6) is 0 Å². The number of urea groups is 1. The molecule has 24 heavy (non-hydrogen) atoms. The third-order valence-corrected chi connectivity index (χ3v) is 4.89. The van der Waals surface area contributed by atoms with Crippen molar-refractivity contribution in [2.24, 2.45) is 7.05 Å². The van der Waals surface area contributed by atoms with Crippen LogP contribution in [-0.2, 0) is 12.6 Å². The number of aliphatic hydroxyl groups is 1. The van der Waals surface area contributed by atoms with Gasteiger partial charge in [-0.15, -0.1) is 11.3 Å². The van der Waals surface area contributed by atoms with Gasteiger partial charge in [-0.2, -0.15) is 5.10 Å². The second-order valence-electron chi connectivity index (χ2n) is 5.86. The third kappa shape index (κ3) is 3.24. The zero-order chi connectivity index (χ0) is 17.3. The molecule has 8 heteroatoms. The maximum Gasteiger partial charge on any atom is 0.319 e. The van der Waals surface area contributed by atoms with Crippen molar-refractivity contribution in [1.29, 1.82) is 0 Å². The van der Waals surface area contributed by atoms with Crippen molar-refractivity contribution in [3.63, 3.8) is 0 Å². The molecule has 0 saturated carbocycles. The highest BCUT2D eigenvalue weighted by Crippen LogP contribution is 2.24. The molecule has 0 aliphatic rings. The van der Waals surface area contributed by atoms with Crippen molar-refractivity contribution in [2.45, 2.75) is 19.4 Å². The highest BCUT2D eigenvalue weighted by Gasteiger charge is 2.24. The molecule has 0 fully saturated rings. The lowest BCUT2D eigenvalue weighted by atomic mass is 10.1. The zero-order valence-electron chi connectivity index (χ0n) is 13.7. The fraction of sp³-hybridized carbons (Fsp3) is 0.312. The van der Waals surface area contributed by atoms with Crippen LogP contribution >= 0.6 is 11.3 Å². The SMILES string of the molecule is Cc1nn(C)c2ncc(NC(=O)NCC(C)(O)c3cccs3)cc12. The Morgan fingerprint density at radius 1 is 1.50 bits per heavy atom. The summed E-state index contributed by atoms with van der Waals surface area (Å²) in [5.74, 6) is 0. The predicted octanol–water partition coefficient (Wildman–Crippen LogP) is 2.37. The zero-order valence-corrected chi connectivity index (χ0v) is 14.5. The molecular weight excluding hydrogens is 326 g/mol. The number of hydrogen-bond acceptors (Lipinski definition) is 5. The summed E-state index contributed by atoms with van der Waals surface area (Å²) in [6.45, 7) is 3.68. The fourth-order valence-electron chi connectivity index (χ4n) is 2.48. The predicted molar refractivity (Wildman–Crippen MR) is 94.2 cm³/mol. The van der Waals surface area contributed by atoms with Gasteiger partial charge in [0, 0.05) is 17.3 Å². The summed E-state index contributed by atoms with van der Waals surface area (Å²) < 4.78 is 1.70. The Morgan fingerprint density at radius 2 is 2.29 bits per heavy atom. The van der Waals surface area contributed by atoms with E-state index < -0.39 is 11.6 Å². The van der Waals surface area contributed by atoms with Crippen LogP contribution in [0.15, 0.2) is 29.8 Å². The number of anilines is 1. The van der Waals surface area contributed by atoms with Crippen LogP contribution < -0.4 is 10.6 Å². The van der Waals surface area contributed by atoms with Crippen LogP contribution in [0.3, 0.4) is 0 Å². The first-order valence-corrected chi connectivity index (χ1v) is 8.35. The molecule has 0 bridgehead atoms. The topological polar surface area (TPSA) is 92.1 Å². The minimum absolute atomic E-state index is 0.112. The van der Waals surface area contributed by atoms with Gasteiger partial charge in [0.15, 0.2) is 5.65 Å². The molecule has 1 unspecified atom stereocenters. The number of nitrogens with one attached hydrogen (secondary N) is 2. The molecule has 3 N–H and O–H groups in total. The number of hydrogen-bond donors (Lipinski definition) is 3. The quantitative estimate of drug-likeness (QED) is 0.677. The lowest BCUT2D eigenvalue weighted by Gasteiger charge is -2.22. The van der Waals surface area contributed by atoms with E-state index in [0.717, 1.165) is 21.6 Å². The number of carbonyl (C=O) groups excluding carboxylic acids is 1. The monoisotopic (exact) mass is 345 g/mol. The largest absolute Gasteiger partial charge is 0.383 e. The number of carbonyl (C=O) groups is 1. The Labute approximate surface area is 143 Å². The summed E-state index contributed by atoms with van der Waals surface area (Å²) >= 11 is 1.45. The Morgan fingerprint density at radius 3 is 3.00 bits per heavy atom. The number of thiophene rings is 1. The van der Waals surface area contributed by atoms with Crippen molar-refractivity contribution in [3.8, 4) is 0 Å². The molecule has 0 radical (unpaired) electrons. The molecule has 0 spiro atoms. The summed E-state index contributed by atoms with van der Waals surface area (Å²) in [5, 5.41) is 22.9. The van der Waals surface area contributed by atoms with Gasteiger partial charge >= 0.3 is 6.03 Å². The molecule has 0 saturated heterocycles. The first-order chi connectivity index (χ1) is 11.4. The van der Waals surface area contributed by atoms with Crippen molar-refractivity contribution >= 4 is 34.1 Å². The van der Waals surface area contributed by atoms with Gasteiger partial charge in [-0.3, -0.25) is 4.68 Å². The molecule has 3 aromatic heterocycles. The second kappa shape index (κ2) is 6.21. The van der Waals surface area contributed by atoms with Crippen molar-refractivity contribution in [1.82, 2.24) is 20.1 Å². The molecule has 126 valence electrons. The number of aromatic nitrogens is 3. The van der Waals surface area contributed by atoms with E-state index in [9.17, 15) is 9.90 Å². The number of fused-ring (bicyclic) bond motifs is 1. The molecule has 7 nitrogen and oxygen atoms in total. The lowest BCUT2D eigenvalue weighted by Crippen LogP contribution is -2.40. The summed E-state index contributed by atoms with van der Waals surface area (Å²) in [6, 6.07) is 5.15. The van der Waals surface area contributed by atoms with Crippen LogP contribution in [0.2, 0.25) is 0 Å². The third-order valence-electron chi connectivity index (χ3n) is 3.77. The summed E-state index contributed by atoms with van der Waals surface area (Å²) in [6.07, 6.45) is 1.58. The van der Waals surface area contributed by atoms with Crippen molar-refractivity contribution in [2.75, 3.05) is 11.9 Å². The van der Waals surface area contributed by atoms with E-state index in [1.165, 1.54) is 11.3 Å². The Balaban J connectivity index is 1.66. The Hall–Kier alpha value is -2.45. The molecule has 0 aromatic carbocycles. The Kier molecular flexibility index (Phi) is 4.25. The number of pyridine rings is 1. The molecule has 3 aromatic rings. The molecule has 2 amide bonds. The maximum absolute atomic E-state index is 12.1. The standard InChI is InChI=1S/C16H19N5O2S/c1-10-12-7-11(8-17-14(12)21(3)20-10)19-15(22)18-9-16(2,23)13-5-4-6-24-13/h4-8,23H,9H2,1-3H3,(H2,18,19,22). The van der Waals surface area contributed by atoms with Crippen LogP contribution in [0.1, 0.15) is 17.5 Å². The van der Waals surface area contributed by atoms with E-state index in [-0.39, 0.29) is 6.54 Å². The van der Waals surface area contributed by atoms with Crippen LogP contribution in [0.25, 0.3) is 11.0 Å². The summed E-state index contributed by atoms with van der Waals surface area (Å²) in [5.41, 5.74) is 1.09. The highest BCUT2D eigenvalue weighted by molar-refractivity contribution is 7.10. The summed E-state index contributed by atoms with van der Waals surface area (Å²) in [4.78, 5) is 17.2. The average molecular weight is 345 g/mol. The van der Waals surface area contributed by atoms with E-state index in [2.05, 4.69) is 20.7 Å². The van der Waals surface area contributed by atoms with E-state index in [4.69, 9.17) is 0 Å². The van der Waals surface area contributed by atoms with E-state index >= 15 is 0 Å². The Bertz CT molecular complexity index is 870. The van der Waals surface area contributed by atoms with E-state index in [1.807, 2.05) is 37.6 Å². The number of aryl methyl sites for hydroxylation is 2. The van der Waals surface area contributed by atoms with Gasteiger partial charge in [-0.25, -0.2) is 9.78 Å². The van der Waals surface area contributed by atoms with E-state index in [1.54, 1.807) is 17.8 Å². The smallest absolute Gasteiger partial charge is 0.319 e. The lowest BCUT2D eigenvalue weighted by molar-refractivity contribution is 0.0637. The van der Waals surface area contributed by atoms with Gasteiger partial charge in [0.05, 0.1) is 24.1 Å². The second-order valence-corrected chi connectivity index (χ2v) is 6.81. The van der Waals surface area contributed by atoms with Crippen LogP contribution in [0, 0.1) is 6.92 Å². The fourth-order valence-corrected chi connectivity index (χ4v) is 3.26. The first-order valence-electron chi connectivity index (χ1n) is 7.47. The number of amides is 2. The van der Waals surface area contributed by atoms with Crippen molar-refractivity contribution in [3.05, 3.63) is 40.3 Å². The normalized spacial score (nSPS) is 13.7. The van der Waals surface area contributed by atoms with Crippen LogP contribution in [-0.4, -0.2) is 32.4 Å². The first kappa shape index (κ1) is 16.4. The van der Waals surface area contributed by atoms with Gasteiger partial charge < -0.3 is 15.7 Å². The van der Waals surface area contributed by atoms with Gasteiger partial charge in [0.25, 0.3) is 0 Å². The van der Waals surface area contributed by atoms with Gasteiger partial charge in [0.2, 0.25) is 0 Å². The maximum atomic E-state index is 12.1. The minimum Gasteiger partial charge on any atom is -0.383 e. The molecule has 3 heterocycles. The molecule has 1 atom stereocenters. The van der Waals surface area contributed by atoms with E-state index in [0.29, 0.717) is 5.69 Å². The number of nitrogens with zero attached hydrogens (tertiary/aromatic N) is 3. The summed E-state index contributed by atoms with van der Waals surface area (Å²) in [7, 11) is 1.83.